The first-order valence-electron chi connectivity index (χ1n) is 4.34. The molecule has 0 aliphatic rings. The van der Waals surface area contributed by atoms with Crippen LogP contribution in [-0.2, 0) is 4.79 Å². The van der Waals surface area contributed by atoms with Gasteiger partial charge < -0.3 is 10.5 Å². The zero-order chi connectivity index (χ0) is 12.1. The van der Waals surface area contributed by atoms with E-state index in [0.29, 0.717) is 11.3 Å². The van der Waals surface area contributed by atoms with E-state index in [4.69, 9.17) is 10.5 Å². The van der Waals surface area contributed by atoms with Crippen molar-refractivity contribution in [3.63, 3.8) is 0 Å². The molecular weight excluding hydrogens is 212 g/mol. The number of benzene rings is 1. The van der Waals surface area contributed by atoms with Crippen LogP contribution in [0.4, 0.5) is 5.69 Å². The first kappa shape index (κ1) is 11.7. The van der Waals surface area contributed by atoms with Gasteiger partial charge in [0.05, 0.1) is 23.7 Å². The lowest BCUT2D eigenvalue weighted by Crippen LogP contribution is -2.05. The van der Waals surface area contributed by atoms with E-state index >= 15 is 0 Å². The van der Waals surface area contributed by atoms with Crippen LogP contribution in [0.3, 0.4) is 0 Å². The molecule has 1 aromatic rings. The van der Waals surface area contributed by atoms with Crippen molar-refractivity contribution in [1.29, 1.82) is 0 Å². The van der Waals surface area contributed by atoms with E-state index in [-0.39, 0.29) is 5.69 Å². The van der Waals surface area contributed by atoms with Crippen LogP contribution in [0.25, 0.3) is 6.08 Å². The summed E-state index contributed by atoms with van der Waals surface area (Å²) in [5, 5.41) is 10.7. The highest BCUT2D eigenvalue weighted by Gasteiger charge is 2.12. The number of hydrogen-bond donors (Lipinski definition) is 1. The Balaban J connectivity index is 3.18. The average Bonchev–Trinajstić information content (AvgIpc) is 2.25. The Hall–Kier alpha value is -2.37. The number of hydrogen-bond acceptors (Lipinski definition) is 4. The Labute approximate surface area is 91.5 Å². The summed E-state index contributed by atoms with van der Waals surface area (Å²) in [4.78, 5) is 20.7. The van der Waals surface area contributed by atoms with Gasteiger partial charge in [-0.3, -0.25) is 14.9 Å². The molecule has 16 heavy (non-hydrogen) atoms. The Morgan fingerprint density at radius 2 is 2.25 bits per heavy atom. The van der Waals surface area contributed by atoms with Crippen LogP contribution in [0.1, 0.15) is 5.56 Å². The van der Waals surface area contributed by atoms with Gasteiger partial charge in [0.15, 0.2) is 0 Å². The number of amides is 1. The van der Waals surface area contributed by atoms with E-state index < -0.39 is 10.8 Å². The minimum Gasteiger partial charge on any atom is -0.497 e. The highest BCUT2D eigenvalue weighted by atomic mass is 16.6. The van der Waals surface area contributed by atoms with Gasteiger partial charge in [0.25, 0.3) is 5.69 Å². The number of rotatable bonds is 4. The number of methoxy groups -OCH3 is 1. The fraction of sp³-hybridized carbons (Fsp3) is 0.100. The third-order valence-electron chi connectivity index (χ3n) is 1.86. The second-order valence-electron chi connectivity index (χ2n) is 2.92. The first-order valence-corrected chi connectivity index (χ1v) is 4.34. The lowest BCUT2D eigenvalue weighted by Gasteiger charge is -2.01. The second-order valence-corrected chi connectivity index (χ2v) is 2.92. The molecule has 0 bridgehead atoms. The van der Waals surface area contributed by atoms with E-state index in [1.165, 1.54) is 25.3 Å². The summed E-state index contributed by atoms with van der Waals surface area (Å²) in [6, 6.07) is 4.32. The molecule has 1 aromatic carbocycles. The van der Waals surface area contributed by atoms with Crippen molar-refractivity contribution in [2.24, 2.45) is 5.73 Å². The summed E-state index contributed by atoms with van der Waals surface area (Å²) < 4.78 is 4.87. The van der Waals surface area contributed by atoms with E-state index in [1.807, 2.05) is 0 Å². The number of primary amides is 1. The maximum atomic E-state index is 10.7. The summed E-state index contributed by atoms with van der Waals surface area (Å²) in [6.45, 7) is 0. The maximum Gasteiger partial charge on any atom is 0.280 e. The molecule has 6 heteroatoms. The number of ether oxygens (including phenoxy) is 1. The van der Waals surface area contributed by atoms with Gasteiger partial charge in [0.1, 0.15) is 5.75 Å². The molecule has 0 aliphatic carbocycles. The zero-order valence-corrected chi connectivity index (χ0v) is 8.54. The van der Waals surface area contributed by atoms with Gasteiger partial charge in [-0.05, 0) is 18.2 Å². The fourth-order valence-corrected chi connectivity index (χ4v) is 1.12. The van der Waals surface area contributed by atoms with E-state index in [1.54, 1.807) is 6.07 Å². The van der Waals surface area contributed by atoms with Gasteiger partial charge in [0.2, 0.25) is 5.91 Å². The average molecular weight is 222 g/mol. The van der Waals surface area contributed by atoms with Gasteiger partial charge >= 0.3 is 0 Å². The molecule has 2 N–H and O–H groups in total. The largest absolute Gasteiger partial charge is 0.497 e. The Kier molecular flexibility index (Phi) is 3.60. The quantitative estimate of drug-likeness (QED) is 0.468. The molecule has 0 saturated carbocycles. The summed E-state index contributed by atoms with van der Waals surface area (Å²) in [5.74, 6) is -0.284. The van der Waals surface area contributed by atoms with E-state index in [9.17, 15) is 14.9 Å². The standard InChI is InChI=1S/C10H10N2O4/c1-16-8-4-2-7(3-5-10(11)13)9(6-8)12(14)15/h2-6H,1H3,(H2,11,13). The van der Waals surface area contributed by atoms with Gasteiger partial charge in [-0.2, -0.15) is 0 Å². The van der Waals surface area contributed by atoms with Crippen LogP contribution in [0.5, 0.6) is 5.75 Å². The zero-order valence-electron chi connectivity index (χ0n) is 8.54. The van der Waals surface area contributed by atoms with Crippen LogP contribution in [0, 0.1) is 10.1 Å². The third-order valence-corrected chi connectivity index (χ3v) is 1.86. The first-order chi connectivity index (χ1) is 7.54. The van der Waals surface area contributed by atoms with Crippen LogP contribution in [0.2, 0.25) is 0 Å². The molecule has 0 saturated heterocycles. The maximum absolute atomic E-state index is 10.7. The van der Waals surface area contributed by atoms with Crippen molar-refractivity contribution in [3.05, 3.63) is 40.0 Å². The molecule has 0 radical (unpaired) electrons. The predicted octanol–water partition coefficient (Wildman–Crippen LogP) is 1.10. The monoisotopic (exact) mass is 222 g/mol. The number of nitrogens with two attached hydrogens (primary N) is 1. The highest BCUT2D eigenvalue weighted by molar-refractivity contribution is 5.91. The number of carbonyl (C=O) groups is 1. The molecule has 0 heterocycles. The minimum atomic E-state index is -0.662. The topological polar surface area (TPSA) is 95.5 Å². The van der Waals surface area contributed by atoms with E-state index in [2.05, 4.69) is 0 Å². The van der Waals surface area contributed by atoms with Gasteiger partial charge in [0, 0.05) is 6.08 Å². The van der Waals surface area contributed by atoms with Crippen LogP contribution < -0.4 is 10.5 Å². The number of nitro groups is 1. The van der Waals surface area contributed by atoms with Gasteiger partial charge in [-0.15, -0.1) is 0 Å². The molecular formula is C10H10N2O4. The van der Waals surface area contributed by atoms with Crippen molar-refractivity contribution >= 4 is 17.7 Å². The highest BCUT2D eigenvalue weighted by Crippen LogP contribution is 2.25. The molecule has 0 atom stereocenters. The second kappa shape index (κ2) is 4.92. The summed E-state index contributed by atoms with van der Waals surface area (Å²) in [7, 11) is 1.41. The fourth-order valence-electron chi connectivity index (χ4n) is 1.12. The lowest BCUT2D eigenvalue weighted by molar-refractivity contribution is -0.385. The predicted molar refractivity (Wildman–Crippen MR) is 57.9 cm³/mol. The molecule has 0 aliphatic heterocycles. The third kappa shape index (κ3) is 2.81. The van der Waals surface area contributed by atoms with E-state index in [0.717, 1.165) is 6.08 Å². The number of carbonyl (C=O) groups excluding carboxylic acids is 1. The molecule has 0 unspecified atom stereocenters. The minimum absolute atomic E-state index is 0.142. The molecule has 0 aromatic heterocycles. The molecule has 6 nitrogen and oxygen atoms in total. The summed E-state index contributed by atoms with van der Waals surface area (Å²) in [5.41, 5.74) is 5.06. The van der Waals surface area contributed by atoms with Crippen molar-refractivity contribution in [2.45, 2.75) is 0 Å². The Bertz CT molecular complexity index is 454. The lowest BCUT2D eigenvalue weighted by atomic mass is 10.1. The van der Waals surface area contributed by atoms with Crippen LogP contribution >= 0.6 is 0 Å². The summed E-state index contributed by atoms with van der Waals surface area (Å²) in [6.07, 6.45) is 2.36. The normalized spacial score (nSPS) is 10.3. The number of nitrogens with zero attached hydrogens (tertiary/aromatic N) is 1. The van der Waals surface area contributed by atoms with Crippen LogP contribution in [-0.4, -0.2) is 17.9 Å². The molecule has 1 rings (SSSR count). The Morgan fingerprint density at radius 3 is 2.75 bits per heavy atom. The SMILES string of the molecule is COc1ccc(C=CC(N)=O)c([N+](=O)[O-])c1. The molecule has 84 valence electrons. The summed E-state index contributed by atoms with van der Waals surface area (Å²) >= 11 is 0. The molecule has 1 amide bonds. The smallest absolute Gasteiger partial charge is 0.280 e. The van der Waals surface area contributed by atoms with Crippen molar-refractivity contribution in [3.8, 4) is 5.75 Å². The Morgan fingerprint density at radius 1 is 1.56 bits per heavy atom. The number of nitro benzene ring substituents is 1. The molecule has 0 fully saturated rings. The van der Waals surface area contributed by atoms with Crippen molar-refractivity contribution < 1.29 is 14.5 Å². The van der Waals surface area contributed by atoms with Crippen molar-refractivity contribution in [2.75, 3.05) is 7.11 Å². The van der Waals surface area contributed by atoms with Gasteiger partial charge in [-0.1, -0.05) is 0 Å². The van der Waals surface area contributed by atoms with Crippen molar-refractivity contribution in [1.82, 2.24) is 0 Å². The van der Waals surface area contributed by atoms with Gasteiger partial charge in [-0.25, -0.2) is 0 Å². The van der Waals surface area contributed by atoms with Crippen LogP contribution in [0.15, 0.2) is 24.3 Å². The molecule has 0 spiro atoms.